The molecule has 0 radical (unpaired) electrons. The minimum atomic E-state index is -0.319. The quantitative estimate of drug-likeness (QED) is 0.167. The molecule has 0 bridgehead atoms. The SMILES string of the molecule is Cc1cc(/C=C/C(=O)c2ccc(NC(=O)c3ccc(CN4C(=O)c5ccccc5C4=O)cc3)cc2)cc(C)c1C. The second kappa shape index (κ2) is 10.9. The van der Waals surface area contributed by atoms with E-state index in [1.807, 2.05) is 6.08 Å². The van der Waals surface area contributed by atoms with Gasteiger partial charge < -0.3 is 5.32 Å². The molecular formula is C34H28N2O4. The largest absolute Gasteiger partial charge is 0.322 e. The zero-order valence-corrected chi connectivity index (χ0v) is 22.5. The molecule has 0 aliphatic carbocycles. The molecule has 1 aliphatic rings. The normalized spacial score (nSPS) is 12.6. The molecule has 6 nitrogen and oxygen atoms in total. The first-order valence-electron chi connectivity index (χ1n) is 13.0. The van der Waals surface area contributed by atoms with Crippen molar-refractivity contribution in [3.63, 3.8) is 0 Å². The molecule has 6 heteroatoms. The van der Waals surface area contributed by atoms with Crippen molar-refractivity contribution in [1.29, 1.82) is 0 Å². The summed E-state index contributed by atoms with van der Waals surface area (Å²) < 4.78 is 0. The highest BCUT2D eigenvalue weighted by atomic mass is 16.2. The third-order valence-electron chi connectivity index (χ3n) is 7.24. The minimum Gasteiger partial charge on any atom is -0.322 e. The Morgan fingerprint density at radius 1 is 0.750 bits per heavy atom. The van der Waals surface area contributed by atoms with Crippen molar-refractivity contribution < 1.29 is 19.2 Å². The van der Waals surface area contributed by atoms with Gasteiger partial charge in [0.2, 0.25) is 0 Å². The van der Waals surface area contributed by atoms with E-state index >= 15 is 0 Å². The third-order valence-corrected chi connectivity index (χ3v) is 7.24. The molecular weight excluding hydrogens is 500 g/mol. The molecule has 0 spiro atoms. The molecule has 0 unspecified atom stereocenters. The Balaban J connectivity index is 1.19. The van der Waals surface area contributed by atoms with Crippen molar-refractivity contribution >= 4 is 35.3 Å². The fourth-order valence-electron chi connectivity index (χ4n) is 4.68. The third kappa shape index (κ3) is 5.38. The van der Waals surface area contributed by atoms with Gasteiger partial charge in [-0.3, -0.25) is 24.1 Å². The number of rotatable bonds is 7. The van der Waals surface area contributed by atoms with Crippen LogP contribution in [0.3, 0.4) is 0 Å². The Morgan fingerprint density at radius 3 is 1.88 bits per heavy atom. The van der Waals surface area contributed by atoms with Crippen LogP contribution in [-0.2, 0) is 6.54 Å². The number of aryl methyl sites for hydroxylation is 2. The fraction of sp³-hybridized carbons (Fsp3) is 0.118. The van der Waals surface area contributed by atoms with Crippen LogP contribution in [0.25, 0.3) is 6.08 Å². The van der Waals surface area contributed by atoms with Gasteiger partial charge in [-0.25, -0.2) is 0 Å². The standard InChI is InChI=1S/C34H28N2O4/c1-21-18-25(19-22(2)23(21)3)10-17-31(37)26-13-15-28(16-14-26)35-32(38)27-11-8-24(9-12-27)20-36-33(39)29-6-4-5-7-30(29)34(36)40/h4-19H,20H2,1-3H3,(H,35,38)/b17-10+. The highest BCUT2D eigenvalue weighted by Crippen LogP contribution is 2.24. The predicted octanol–water partition coefficient (Wildman–Crippen LogP) is 6.56. The number of hydrogen-bond acceptors (Lipinski definition) is 4. The summed E-state index contributed by atoms with van der Waals surface area (Å²) in [5, 5.41) is 2.83. The van der Waals surface area contributed by atoms with Crippen LogP contribution < -0.4 is 5.32 Å². The van der Waals surface area contributed by atoms with E-state index in [1.54, 1.807) is 78.9 Å². The van der Waals surface area contributed by atoms with Gasteiger partial charge in [0, 0.05) is 16.8 Å². The lowest BCUT2D eigenvalue weighted by atomic mass is 10.00. The molecule has 40 heavy (non-hydrogen) atoms. The number of amides is 3. The molecule has 1 N–H and O–H groups in total. The molecule has 1 aliphatic heterocycles. The Kier molecular flexibility index (Phi) is 7.25. The number of carbonyl (C=O) groups excluding carboxylic acids is 4. The second-order valence-corrected chi connectivity index (χ2v) is 9.95. The molecule has 0 saturated heterocycles. The average molecular weight is 529 g/mol. The molecule has 1 heterocycles. The molecule has 0 aromatic heterocycles. The van der Waals surface area contributed by atoms with Gasteiger partial charge in [0.05, 0.1) is 17.7 Å². The van der Waals surface area contributed by atoms with Crippen LogP contribution in [0.15, 0.2) is 91.0 Å². The summed E-state index contributed by atoms with van der Waals surface area (Å²) in [6.07, 6.45) is 3.37. The number of benzene rings is 4. The number of fused-ring (bicyclic) bond motifs is 1. The summed E-state index contributed by atoms with van der Waals surface area (Å²) in [5.41, 5.74) is 7.65. The van der Waals surface area contributed by atoms with Crippen molar-refractivity contribution in [1.82, 2.24) is 4.90 Å². The van der Waals surface area contributed by atoms with E-state index in [2.05, 4.69) is 38.2 Å². The van der Waals surface area contributed by atoms with E-state index < -0.39 is 0 Å². The van der Waals surface area contributed by atoms with Gasteiger partial charge >= 0.3 is 0 Å². The second-order valence-electron chi connectivity index (χ2n) is 9.95. The lowest BCUT2D eigenvalue weighted by Gasteiger charge is -2.14. The molecule has 5 rings (SSSR count). The Hall–Kier alpha value is -5.10. The number of anilines is 1. The number of nitrogens with one attached hydrogen (secondary N) is 1. The van der Waals surface area contributed by atoms with Crippen LogP contribution in [0, 0.1) is 20.8 Å². The summed E-state index contributed by atoms with van der Waals surface area (Å²) in [7, 11) is 0. The highest BCUT2D eigenvalue weighted by Gasteiger charge is 2.34. The van der Waals surface area contributed by atoms with Crippen LogP contribution >= 0.6 is 0 Å². The zero-order valence-electron chi connectivity index (χ0n) is 22.5. The van der Waals surface area contributed by atoms with Gasteiger partial charge in [-0.2, -0.15) is 0 Å². The molecule has 4 aromatic carbocycles. The van der Waals surface area contributed by atoms with Crippen molar-refractivity contribution in [2.75, 3.05) is 5.32 Å². The van der Waals surface area contributed by atoms with Crippen molar-refractivity contribution in [2.45, 2.75) is 27.3 Å². The summed E-state index contributed by atoms with van der Waals surface area (Å²) in [5.74, 6) is -1.07. The van der Waals surface area contributed by atoms with Crippen molar-refractivity contribution in [3.8, 4) is 0 Å². The first-order chi connectivity index (χ1) is 19.2. The van der Waals surface area contributed by atoms with E-state index in [4.69, 9.17) is 0 Å². The number of allylic oxidation sites excluding steroid dienone is 1. The van der Waals surface area contributed by atoms with Crippen LogP contribution in [0.2, 0.25) is 0 Å². The van der Waals surface area contributed by atoms with Gasteiger partial charge in [0.15, 0.2) is 5.78 Å². The zero-order chi connectivity index (χ0) is 28.4. The summed E-state index contributed by atoms with van der Waals surface area (Å²) in [6.45, 7) is 6.32. The first-order valence-corrected chi connectivity index (χ1v) is 13.0. The summed E-state index contributed by atoms with van der Waals surface area (Å²) >= 11 is 0. The Labute approximate surface area is 233 Å². The van der Waals surface area contributed by atoms with Crippen LogP contribution in [-0.4, -0.2) is 28.4 Å². The topological polar surface area (TPSA) is 83.6 Å². The lowest BCUT2D eigenvalue weighted by molar-refractivity contribution is 0.0641. The number of imide groups is 1. The maximum Gasteiger partial charge on any atom is 0.261 e. The molecule has 0 fully saturated rings. The Morgan fingerprint density at radius 2 is 1.30 bits per heavy atom. The van der Waals surface area contributed by atoms with Crippen molar-refractivity contribution in [3.05, 3.63) is 141 Å². The van der Waals surface area contributed by atoms with E-state index in [9.17, 15) is 19.2 Å². The number of carbonyl (C=O) groups is 4. The summed E-state index contributed by atoms with van der Waals surface area (Å²) in [4.78, 5) is 51.8. The Bertz CT molecular complexity index is 1620. The fourth-order valence-corrected chi connectivity index (χ4v) is 4.68. The number of nitrogens with zero attached hydrogens (tertiary/aromatic N) is 1. The number of ketones is 1. The molecule has 0 atom stereocenters. The first kappa shape index (κ1) is 26.5. The minimum absolute atomic E-state index is 0.123. The van der Waals surface area contributed by atoms with Crippen LogP contribution in [0.1, 0.15) is 69.2 Å². The number of hydrogen-bond donors (Lipinski definition) is 1. The predicted molar refractivity (Wildman–Crippen MR) is 156 cm³/mol. The summed E-state index contributed by atoms with van der Waals surface area (Å²) in [6, 6.07) is 24.4. The smallest absolute Gasteiger partial charge is 0.261 e. The van der Waals surface area contributed by atoms with E-state index in [0.717, 1.165) is 11.1 Å². The van der Waals surface area contributed by atoms with Gasteiger partial charge in [0.1, 0.15) is 0 Å². The monoisotopic (exact) mass is 528 g/mol. The highest BCUT2D eigenvalue weighted by molar-refractivity contribution is 6.21. The molecule has 3 amide bonds. The maximum absolute atomic E-state index is 12.8. The van der Waals surface area contributed by atoms with Gasteiger partial charge in [0.25, 0.3) is 17.7 Å². The van der Waals surface area contributed by atoms with Gasteiger partial charge in [-0.15, -0.1) is 0 Å². The average Bonchev–Trinajstić information content (AvgIpc) is 3.20. The van der Waals surface area contributed by atoms with Crippen LogP contribution in [0.4, 0.5) is 5.69 Å². The van der Waals surface area contributed by atoms with E-state index in [-0.39, 0.29) is 30.0 Å². The van der Waals surface area contributed by atoms with Gasteiger partial charge in [-0.1, -0.05) is 42.5 Å². The molecule has 0 saturated carbocycles. The van der Waals surface area contributed by atoms with Gasteiger partial charge in [-0.05, 0) is 103 Å². The van der Waals surface area contributed by atoms with Crippen LogP contribution in [0.5, 0.6) is 0 Å². The van der Waals surface area contributed by atoms with E-state index in [1.165, 1.54) is 21.6 Å². The van der Waals surface area contributed by atoms with E-state index in [0.29, 0.717) is 27.9 Å². The van der Waals surface area contributed by atoms with Crippen molar-refractivity contribution in [2.24, 2.45) is 0 Å². The molecule has 4 aromatic rings. The molecule has 198 valence electrons. The lowest BCUT2D eigenvalue weighted by Crippen LogP contribution is -2.29. The maximum atomic E-state index is 12.8.